The van der Waals surface area contributed by atoms with E-state index in [4.69, 9.17) is 5.73 Å². The predicted molar refractivity (Wildman–Crippen MR) is 85.9 cm³/mol. The summed E-state index contributed by atoms with van der Waals surface area (Å²) in [6.45, 7) is 3.64. The molecule has 0 saturated carbocycles. The molecule has 0 spiro atoms. The number of hydrogen-bond donors (Lipinski definition) is 2. The molecule has 6 heteroatoms. The fraction of sp³-hybridized carbons (Fsp3) is 0.467. The maximum atomic E-state index is 12.5. The van der Waals surface area contributed by atoms with Crippen LogP contribution < -0.4 is 11.1 Å². The largest absolute Gasteiger partial charge is 0.399 e. The molecule has 1 heterocycles. The van der Waals surface area contributed by atoms with Gasteiger partial charge in [0.1, 0.15) is 0 Å². The first-order chi connectivity index (χ1) is 9.97. The Kier molecular flexibility index (Phi) is 5.22. The second-order valence-corrected chi connectivity index (χ2v) is 6.27. The minimum atomic E-state index is -0.00260. The minimum absolute atomic E-state index is 0.00260. The highest BCUT2D eigenvalue weighted by molar-refractivity contribution is 9.10. The lowest BCUT2D eigenvalue weighted by molar-refractivity contribution is -0.119. The van der Waals surface area contributed by atoms with E-state index < -0.39 is 0 Å². The van der Waals surface area contributed by atoms with Crippen molar-refractivity contribution < 1.29 is 9.59 Å². The van der Waals surface area contributed by atoms with E-state index in [1.54, 1.807) is 18.2 Å². The van der Waals surface area contributed by atoms with Crippen molar-refractivity contribution in [1.29, 1.82) is 0 Å². The average molecular weight is 354 g/mol. The number of carbonyl (C=O) groups is 2. The first kappa shape index (κ1) is 15.8. The Balaban J connectivity index is 1.94. The summed E-state index contributed by atoms with van der Waals surface area (Å²) >= 11 is 3.40. The molecule has 5 nitrogen and oxygen atoms in total. The monoisotopic (exact) mass is 353 g/mol. The number of hydrogen-bond acceptors (Lipinski definition) is 3. The molecule has 0 radical (unpaired) electrons. The van der Waals surface area contributed by atoms with Crippen molar-refractivity contribution in [2.75, 3.05) is 25.4 Å². The number of nitrogen functional groups attached to an aromatic ring is 1. The number of benzene rings is 1. The van der Waals surface area contributed by atoms with Gasteiger partial charge in [0.15, 0.2) is 0 Å². The minimum Gasteiger partial charge on any atom is -0.399 e. The first-order valence-electron chi connectivity index (χ1n) is 7.06. The Bertz CT molecular complexity index is 540. The molecule has 0 unspecified atom stereocenters. The topological polar surface area (TPSA) is 75.4 Å². The van der Waals surface area contributed by atoms with E-state index in [0.29, 0.717) is 36.8 Å². The highest BCUT2D eigenvalue weighted by Gasteiger charge is 2.24. The normalized spacial score (nSPS) is 15.8. The number of nitrogens with zero attached hydrogens (tertiary/aromatic N) is 1. The Morgan fingerprint density at radius 2 is 2.05 bits per heavy atom. The zero-order valence-electron chi connectivity index (χ0n) is 12.1. The van der Waals surface area contributed by atoms with Gasteiger partial charge in [0.05, 0.1) is 5.56 Å². The molecular weight excluding hydrogens is 334 g/mol. The van der Waals surface area contributed by atoms with Crippen LogP contribution in [0.25, 0.3) is 0 Å². The summed E-state index contributed by atoms with van der Waals surface area (Å²) in [7, 11) is 0. The van der Waals surface area contributed by atoms with Crippen LogP contribution in [0.2, 0.25) is 0 Å². The van der Waals surface area contributed by atoms with Crippen molar-refractivity contribution >= 4 is 33.4 Å². The number of piperidine rings is 1. The Morgan fingerprint density at radius 1 is 1.38 bits per heavy atom. The second-order valence-electron chi connectivity index (χ2n) is 5.41. The lowest BCUT2D eigenvalue weighted by atomic mass is 9.96. The number of halogens is 1. The van der Waals surface area contributed by atoms with Gasteiger partial charge >= 0.3 is 0 Å². The van der Waals surface area contributed by atoms with Crippen LogP contribution in [-0.2, 0) is 4.79 Å². The molecular formula is C15H20BrN3O2. The molecule has 1 aliphatic rings. The fourth-order valence-corrected chi connectivity index (χ4v) is 2.92. The van der Waals surface area contributed by atoms with Crippen LogP contribution in [0, 0.1) is 5.92 Å². The first-order valence-corrected chi connectivity index (χ1v) is 7.85. The predicted octanol–water partition coefficient (Wildman–Crippen LogP) is 2.02. The second kappa shape index (κ2) is 6.93. The van der Waals surface area contributed by atoms with Gasteiger partial charge < -0.3 is 16.0 Å². The zero-order chi connectivity index (χ0) is 15.4. The van der Waals surface area contributed by atoms with E-state index in [2.05, 4.69) is 21.2 Å². The summed E-state index contributed by atoms with van der Waals surface area (Å²) in [5.41, 5.74) is 6.95. The van der Waals surface area contributed by atoms with Crippen molar-refractivity contribution in [1.82, 2.24) is 10.2 Å². The van der Waals surface area contributed by atoms with Gasteiger partial charge in [-0.25, -0.2) is 0 Å². The smallest absolute Gasteiger partial charge is 0.255 e. The third kappa shape index (κ3) is 4.20. The SMILES string of the molecule is CC(=O)NCC1CCN(C(=O)c2cc(N)ccc2Br)CC1. The lowest BCUT2D eigenvalue weighted by Gasteiger charge is -2.32. The van der Waals surface area contributed by atoms with Crippen molar-refractivity contribution in [3.8, 4) is 0 Å². The standard InChI is InChI=1S/C15H20BrN3O2/c1-10(20)18-9-11-4-6-19(7-5-11)15(21)13-8-12(17)2-3-14(13)16/h2-3,8,11H,4-7,9,17H2,1H3,(H,18,20). The van der Waals surface area contributed by atoms with Crippen LogP contribution in [-0.4, -0.2) is 36.3 Å². The summed E-state index contributed by atoms with van der Waals surface area (Å²) in [5, 5.41) is 2.84. The van der Waals surface area contributed by atoms with Crippen molar-refractivity contribution in [3.05, 3.63) is 28.2 Å². The number of anilines is 1. The van der Waals surface area contributed by atoms with Crippen molar-refractivity contribution in [2.24, 2.45) is 5.92 Å². The average Bonchev–Trinajstić information content (AvgIpc) is 2.47. The molecule has 2 rings (SSSR count). The summed E-state index contributed by atoms with van der Waals surface area (Å²) in [5.74, 6) is 0.451. The number of carbonyl (C=O) groups excluding carboxylic acids is 2. The highest BCUT2D eigenvalue weighted by Crippen LogP contribution is 2.24. The third-order valence-corrected chi connectivity index (χ3v) is 4.45. The van der Waals surface area contributed by atoms with Gasteiger partial charge in [-0.3, -0.25) is 9.59 Å². The van der Waals surface area contributed by atoms with Crippen LogP contribution in [0.15, 0.2) is 22.7 Å². The van der Waals surface area contributed by atoms with Gasteiger partial charge in [0, 0.05) is 36.7 Å². The highest BCUT2D eigenvalue weighted by atomic mass is 79.9. The van der Waals surface area contributed by atoms with Crippen molar-refractivity contribution in [3.63, 3.8) is 0 Å². The molecule has 1 aliphatic heterocycles. The summed E-state index contributed by atoms with van der Waals surface area (Å²) in [6.07, 6.45) is 1.82. The maximum Gasteiger partial charge on any atom is 0.255 e. The molecule has 2 amide bonds. The van der Waals surface area contributed by atoms with Gasteiger partial charge in [0.25, 0.3) is 5.91 Å². The molecule has 114 valence electrons. The fourth-order valence-electron chi connectivity index (χ4n) is 2.51. The van der Waals surface area contributed by atoms with Crippen LogP contribution in [0.1, 0.15) is 30.1 Å². The molecule has 0 bridgehead atoms. The van der Waals surface area contributed by atoms with E-state index in [1.807, 2.05) is 4.90 Å². The van der Waals surface area contributed by atoms with Crippen LogP contribution in [0.4, 0.5) is 5.69 Å². The Hall–Kier alpha value is -1.56. The number of nitrogens with one attached hydrogen (secondary N) is 1. The Morgan fingerprint density at radius 3 is 2.67 bits per heavy atom. The molecule has 1 saturated heterocycles. The van der Waals surface area contributed by atoms with E-state index in [-0.39, 0.29) is 11.8 Å². The molecule has 0 atom stereocenters. The van der Waals surface area contributed by atoms with E-state index in [9.17, 15) is 9.59 Å². The van der Waals surface area contributed by atoms with E-state index in [1.165, 1.54) is 6.92 Å². The van der Waals surface area contributed by atoms with Crippen LogP contribution in [0.5, 0.6) is 0 Å². The molecule has 1 fully saturated rings. The third-order valence-electron chi connectivity index (χ3n) is 3.76. The molecule has 0 aromatic heterocycles. The van der Waals surface area contributed by atoms with Crippen molar-refractivity contribution in [2.45, 2.75) is 19.8 Å². The van der Waals surface area contributed by atoms with Gasteiger partial charge in [-0.2, -0.15) is 0 Å². The zero-order valence-corrected chi connectivity index (χ0v) is 13.6. The number of nitrogens with two attached hydrogens (primary N) is 1. The molecule has 0 aliphatic carbocycles. The van der Waals surface area contributed by atoms with Gasteiger partial charge in [0.2, 0.25) is 5.91 Å². The number of likely N-dealkylation sites (tertiary alicyclic amines) is 1. The van der Waals surface area contributed by atoms with Crippen LogP contribution in [0.3, 0.4) is 0 Å². The number of rotatable bonds is 3. The summed E-state index contributed by atoms with van der Waals surface area (Å²) in [4.78, 5) is 25.3. The summed E-state index contributed by atoms with van der Waals surface area (Å²) in [6, 6.07) is 5.27. The van der Waals surface area contributed by atoms with Gasteiger partial charge in [-0.15, -0.1) is 0 Å². The maximum absolute atomic E-state index is 12.5. The van der Waals surface area contributed by atoms with Crippen LogP contribution >= 0.6 is 15.9 Å². The van der Waals surface area contributed by atoms with Gasteiger partial charge in [-0.1, -0.05) is 0 Å². The van der Waals surface area contributed by atoms with E-state index >= 15 is 0 Å². The molecule has 1 aromatic carbocycles. The lowest BCUT2D eigenvalue weighted by Crippen LogP contribution is -2.41. The van der Waals surface area contributed by atoms with E-state index in [0.717, 1.165) is 17.3 Å². The Labute approximate surface area is 133 Å². The molecule has 1 aromatic rings. The van der Waals surface area contributed by atoms with Gasteiger partial charge in [-0.05, 0) is 52.9 Å². The molecule has 3 N–H and O–H groups in total. The quantitative estimate of drug-likeness (QED) is 0.816. The molecule has 21 heavy (non-hydrogen) atoms. The number of amides is 2. The summed E-state index contributed by atoms with van der Waals surface area (Å²) < 4.78 is 0.766.